The van der Waals surface area contributed by atoms with E-state index in [0.29, 0.717) is 5.84 Å². The Morgan fingerprint density at radius 3 is 2.85 bits per heavy atom. The number of alkyl halides is 1. The molecule has 0 saturated carbocycles. The largest absolute Gasteiger partial charge is 0.386 e. The van der Waals surface area contributed by atoms with E-state index in [0.717, 1.165) is 11.4 Å². The molecule has 0 aromatic heterocycles. The summed E-state index contributed by atoms with van der Waals surface area (Å²) in [5.41, 5.74) is 7.27. The topological polar surface area (TPSA) is 50.4 Å². The van der Waals surface area contributed by atoms with Crippen LogP contribution in [-0.2, 0) is 0 Å². The van der Waals surface area contributed by atoms with Crippen LogP contribution in [0, 0.1) is 0 Å². The normalized spacial score (nSPS) is 11.4. The molecule has 1 rings (SSSR count). The van der Waals surface area contributed by atoms with Crippen LogP contribution in [0.25, 0.3) is 0 Å². The van der Waals surface area contributed by atoms with Crippen LogP contribution in [0.4, 0.5) is 11.4 Å². The van der Waals surface area contributed by atoms with Crippen molar-refractivity contribution in [2.75, 3.05) is 18.2 Å². The van der Waals surface area contributed by atoms with Gasteiger partial charge >= 0.3 is 0 Å². The zero-order valence-corrected chi connectivity index (χ0v) is 8.17. The molecule has 0 aliphatic rings. The molecule has 13 heavy (non-hydrogen) atoms. The van der Waals surface area contributed by atoms with Crippen molar-refractivity contribution in [1.82, 2.24) is 0 Å². The van der Waals surface area contributed by atoms with Gasteiger partial charge in [0.05, 0.1) is 17.3 Å². The maximum Gasteiger partial charge on any atom is 0.115 e. The monoisotopic (exact) mass is 197 g/mol. The molecule has 0 unspecified atom stereocenters. The van der Waals surface area contributed by atoms with Gasteiger partial charge in [-0.25, -0.2) is 4.99 Å². The highest BCUT2D eigenvalue weighted by molar-refractivity contribution is 6.28. The third kappa shape index (κ3) is 2.63. The van der Waals surface area contributed by atoms with Crippen molar-refractivity contribution in [2.45, 2.75) is 0 Å². The molecule has 1 aromatic rings. The third-order valence-corrected chi connectivity index (χ3v) is 1.85. The number of nitrogens with one attached hydrogen (secondary N) is 1. The van der Waals surface area contributed by atoms with Crippen LogP contribution in [-0.4, -0.2) is 18.8 Å². The van der Waals surface area contributed by atoms with Gasteiger partial charge in [0.15, 0.2) is 0 Å². The molecule has 0 heterocycles. The second kappa shape index (κ2) is 4.72. The van der Waals surface area contributed by atoms with Crippen LogP contribution in [0.5, 0.6) is 0 Å². The average molecular weight is 198 g/mol. The van der Waals surface area contributed by atoms with E-state index in [4.69, 9.17) is 17.3 Å². The molecule has 70 valence electrons. The summed E-state index contributed by atoms with van der Waals surface area (Å²) in [7, 11) is 1.84. The molecule has 0 saturated heterocycles. The van der Waals surface area contributed by atoms with Crippen molar-refractivity contribution in [3.63, 3.8) is 0 Å². The van der Waals surface area contributed by atoms with Gasteiger partial charge in [-0.05, 0) is 12.1 Å². The van der Waals surface area contributed by atoms with E-state index in [2.05, 4.69) is 10.3 Å². The minimum absolute atomic E-state index is 0.248. The van der Waals surface area contributed by atoms with Crippen molar-refractivity contribution in [2.24, 2.45) is 10.7 Å². The second-order valence-corrected chi connectivity index (χ2v) is 2.77. The molecule has 0 fully saturated rings. The number of hydrogen-bond acceptors (Lipinski definition) is 2. The molecule has 3 nitrogen and oxygen atoms in total. The van der Waals surface area contributed by atoms with Crippen molar-refractivity contribution in [3.05, 3.63) is 24.3 Å². The van der Waals surface area contributed by atoms with Crippen LogP contribution >= 0.6 is 11.6 Å². The Balaban J connectivity index is 2.99. The minimum atomic E-state index is 0.248. The maximum atomic E-state index is 5.52. The zero-order chi connectivity index (χ0) is 9.68. The zero-order valence-electron chi connectivity index (χ0n) is 7.42. The van der Waals surface area contributed by atoms with Crippen molar-refractivity contribution in [1.29, 1.82) is 0 Å². The molecule has 3 N–H and O–H groups in total. The Labute approximate surface area is 82.6 Å². The van der Waals surface area contributed by atoms with Crippen molar-refractivity contribution >= 4 is 28.8 Å². The first-order valence-corrected chi connectivity index (χ1v) is 4.47. The van der Waals surface area contributed by atoms with E-state index in [-0.39, 0.29) is 5.88 Å². The quantitative estimate of drug-likeness (QED) is 0.442. The molecule has 0 atom stereocenters. The van der Waals surface area contributed by atoms with E-state index in [1.807, 2.05) is 31.3 Å². The Morgan fingerprint density at radius 1 is 1.54 bits per heavy atom. The molecule has 4 heteroatoms. The lowest BCUT2D eigenvalue weighted by molar-refractivity contribution is 1.42. The summed E-state index contributed by atoms with van der Waals surface area (Å²) in [5.74, 6) is 0.669. The van der Waals surface area contributed by atoms with Crippen LogP contribution in [0.1, 0.15) is 0 Å². The highest BCUT2D eigenvalue weighted by Crippen LogP contribution is 2.23. The molecule has 0 radical (unpaired) electrons. The third-order valence-electron chi connectivity index (χ3n) is 1.57. The van der Waals surface area contributed by atoms with Crippen LogP contribution < -0.4 is 11.1 Å². The Kier molecular flexibility index (Phi) is 3.58. The fourth-order valence-electron chi connectivity index (χ4n) is 0.967. The summed E-state index contributed by atoms with van der Waals surface area (Å²) in [6.07, 6.45) is 0. The van der Waals surface area contributed by atoms with Gasteiger partial charge in [0.1, 0.15) is 5.84 Å². The lowest BCUT2D eigenvalue weighted by Crippen LogP contribution is -2.12. The SMILES string of the molecule is CNc1ccccc1N=C(N)CCl. The maximum absolute atomic E-state index is 5.52. The van der Waals surface area contributed by atoms with Gasteiger partial charge in [0, 0.05) is 7.05 Å². The second-order valence-electron chi connectivity index (χ2n) is 2.50. The number of aliphatic imine (C=N–C) groups is 1. The van der Waals surface area contributed by atoms with Crippen LogP contribution in [0.15, 0.2) is 29.3 Å². The summed E-state index contributed by atoms with van der Waals surface area (Å²) in [4.78, 5) is 4.15. The first-order valence-electron chi connectivity index (χ1n) is 3.93. The molecular weight excluding hydrogens is 186 g/mol. The van der Waals surface area contributed by atoms with E-state index in [1.54, 1.807) is 0 Å². The molecular formula is C9H12ClN3. The molecule has 0 aliphatic carbocycles. The van der Waals surface area contributed by atoms with Gasteiger partial charge in [0.2, 0.25) is 0 Å². The van der Waals surface area contributed by atoms with Crippen LogP contribution in [0.2, 0.25) is 0 Å². The van der Waals surface area contributed by atoms with Gasteiger partial charge in [0.25, 0.3) is 0 Å². The van der Waals surface area contributed by atoms with Gasteiger partial charge in [-0.1, -0.05) is 12.1 Å². The number of halogens is 1. The van der Waals surface area contributed by atoms with Crippen molar-refractivity contribution < 1.29 is 0 Å². The molecule has 0 aliphatic heterocycles. The lowest BCUT2D eigenvalue weighted by Gasteiger charge is -2.04. The van der Waals surface area contributed by atoms with Gasteiger partial charge in [-0.2, -0.15) is 0 Å². The lowest BCUT2D eigenvalue weighted by atomic mass is 10.3. The van der Waals surface area contributed by atoms with Gasteiger partial charge in [-0.3, -0.25) is 0 Å². The predicted octanol–water partition coefficient (Wildman–Crippen LogP) is 1.96. The highest BCUT2D eigenvalue weighted by atomic mass is 35.5. The Bertz CT molecular complexity index is 309. The number of rotatable bonds is 3. The first-order chi connectivity index (χ1) is 6.27. The van der Waals surface area contributed by atoms with Crippen LogP contribution in [0.3, 0.4) is 0 Å². The van der Waals surface area contributed by atoms with E-state index < -0.39 is 0 Å². The Morgan fingerprint density at radius 2 is 2.23 bits per heavy atom. The average Bonchev–Trinajstić information content (AvgIpc) is 2.18. The number of nitrogens with two attached hydrogens (primary N) is 1. The number of hydrogen-bond donors (Lipinski definition) is 2. The van der Waals surface area contributed by atoms with E-state index in [9.17, 15) is 0 Å². The summed E-state index contributed by atoms with van der Waals surface area (Å²) >= 11 is 5.52. The number of nitrogens with zero attached hydrogens (tertiary/aromatic N) is 1. The molecule has 0 bridgehead atoms. The van der Waals surface area contributed by atoms with Gasteiger partial charge < -0.3 is 11.1 Å². The summed E-state index contributed by atoms with van der Waals surface area (Å²) in [6, 6.07) is 7.65. The number of anilines is 1. The predicted molar refractivity (Wildman–Crippen MR) is 58.0 cm³/mol. The summed E-state index contributed by atoms with van der Waals surface area (Å²) in [5, 5.41) is 3.02. The first kappa shape index (κ1) is 9.86. The fourth-order valence-corrected chi connectivity index (χ4v) is 1.03. The molecule has 0 amide bonds. The smallest absolute Gasteiger partial charge is 0.115 e. The fraction of sp³-hybridized carbons (Fsp3) is 0.222. The van der Waals surface area contributed by atoms with Gasteiger partial charge in [-0.15, -0.1) is 11.6 Å². The summed E-state index contributed by atoms with van der Waals surface area (Å²) in [6.45, 7) is 0. The van der Waals surface area contributed by atoms with E-state index >= 15 is 0 Å². The number of benzene rings is 1. The highest BCUT2D eigenvalue weighted by Gasteiger charge is 1.97. The standard InChI is InChI=1S/C9H12ClN3/c1-12-7-4-2-3-5-8(7)13-9(11)6-10/h2-5,12H,6H2,1H3,(H2,11,13). The van der Waals surface area contributed by atoms with Crippen molar-refractivity contribution in [3.8, 4) is 0 Å². The number of para-hydroxylation sites is 2. The Hall–Kier alpha value is -1.22. The summed E-state index contributed by atoms with van der Waals surface area (Å²) < 4.78 is 0. The molecule has 1 aromatic carbocycles. The molecule has 0 spiro atoms. The van der Waals surface area contributed by atoms with E-state index in [1.165, 1.54) is 0 Å². The number of amidine groups is 1. The minimum Gasteiger partial charge on any atom is -0.386 e.